The summed E-state index contributed by atoms with van der Waals surface area (Å²) in [5.41, 5.74) is 2.30. The number of unbranched alkanes of at least 4 members (excludes halogenated alkanes) is 7. The van der Waals surface area contributed by atoms with E-state index in [0.717, 1.165) is 29.6 Å². The highest BCUT2D eigenvalue weighted by Gasteiger charge is 2.28. The lowest BCUT2D eigenvalue weighted by Crippen LogP contribution is -2.44. The molecule has 0 saturated carbocycles. The van der Waals surface area contributed by atoms with Crippen molar-refractivity contribution < 1.29 is 9.59 Å². The first-order valence-electron chi connectivity index (χ1n) is 12.8. The summed E-state index contributed by atoms with van der Waals surface area (Å²) in [5, 5.41) is 11.2. The molecule has 2 rings (SSSR count). The van der Waals surface area contributed by atoms with Gasteiger partial charge in [0.05, 0.1) is 33.3 Å². The molecule has 0 aliphatic heterocycles. The van der Waals surface area contributed by atoms with Gasteiger partial charge in [-0.05, 0) is 23.6 Å². The van der Waals surface area contributed by atoms with Gasteiger partial charge in [0.15, 0.2) is 0 Å². The maximum Gasteiger partial charge on any atom is 0.0972 e. The second kappa shape index (κ2) is 15.0. The molecule has 0 radical (unpaired) electrons. The summed E-state index contributed by atoms with van der Waals surface area (Å²) in [5.74, 6) is 0.276. The van der Waals surface area contributed by atoms with Crippen LogP contribution in [0, 0.1) is 5.92 Å². The van der Waals surface area contributed by atoms with Gasteiger partial charge in [-0.3, -0.25) is 0 Å². The van der Waals surface area contributed by atoms with E-state index in [2.05, 4.69) is 75.6 Å². The Hall–Kier alpha value is -1.90. The van der Waals surface area contributed by atoms with Crippen LogP contribution in [0.5, 0.6) is 0 Å². The number of likely N-dealkylation sites (N-methyl/N-ethyl adjacent to an activating group) is 1. The van der Waals surface area contributed by atoms with Gasteiger partial charge in [0.2, 0.25) is 0 Å². The molecule has 2 aromatic carbocycles. The molecule has 32 heavy (non-hydrogen) atoms. The summed E-state index contributed by atoms with van der Waals surface area (Å²) < 4.78 is 0.884. The first-order chi connectivity index (χ1) is 15.5. The molecule has 0 aromatic heterocycles. The zero-order chi connectivity index (χ0) is 23.1. The van der Waals surface area contributed by atoms with E-state index in [1.807, 2.05) is 18.2 Å². The Morgan fingerprint density at radius 1 is 0.781 bits per heavy atom. The van der Waals surface area contributed by atoms with E-state index in [1.165, 1.54) is 56.9 Å². The van der Waals surface area contributed by atoms with Gasteiger partial charge in [0.25, 0.3) is 0 Å². The van der Waals surface area contributed by atoms with Gasteiger partial charge >= 0.3 is 0 Å². The normalized spacial score (nSPS) is 14.0. The fourth-order valence-electron chi connectivity index (χ4n) is 4.56. The van der Waals surface area contributed by atoms with Crippen molar-refractivity contribution in [2.45, 2.75) is 70.8 Å². The Kier molecular flexibility index (Phi) is 12.4. The van der Waals surface area contributed by atoms with E-state index >= 15 is 0 Å². The highest BCUT2D eigenvalue weighted by Crippen LogP contribution is 2.29. The summed E-state index contributed by atoms with van der Waals surface area (Å²) in [4.78, 5) is 0. The topological polar surface area (TPSA) is 20.2 Å². The monoisotopic (exact) mass is 436 g/mol. The summed E-state index contributed by atoms with van der Waals surface area (Å²) in [6, 6.07) is 20.7. The lowest BCUT2D eigenvalue weighted by Gasteiger charge is -2.35. The molecule has 2 aromatic rings. The van der Waals surface area contributed by atoms with Crippen molar-refractivity contribution >= 4 is 6.08 Å². The zero-order valence-electron chi connectivity index (χ0n) is 20.8. The lowest BCUT2D eigenvalue weighted by atomic mass is 9.89. The summed E-state index contributed by atoms with van der Waals surface area (Å²) in [7, 11) is 4.57. The van der Waals surface area contributed by atoms with Crippen molar-refractivity contribution in [3.8, 4) is 0 Å². The molecule has 0 bridgehead atoms. The summed E-state index contributed by atoms with van der Waals surface area (Å²) >= 11 is 0. The molecular formula is C30H46NO+. The molecule has 0 amide bonds. The number of benzene rings is 2. The third kappa shape index (κ3) is 10.6. The van der Waals surface area contributed by atoms with Crippen LogP contribution in [0.2, 0.25) is 0 Å². The van der Waals surface area contributed by atoms with E-state index in [-0.39, 0.29) is 5.92 Å². The summed E-state index contributed by atoms with van der Waals surface area (Å²) in [6.45, 7) is 4.21. The minimum Gasteiger partial charge on any atom is -0.388 e. The highest BCUT2D eigenvalue weighted by molar-refractivity contribution is 5.48. The van der Waals surface area contributed by atoms with Crippen molar-refractivity contribution in [1.29, 1.82) is 0 Å². The maximum absolute atomic E-state index is 11.2. The van der Waals surface area contributed by atoms with E-state index in [4.69, 9.17) is 0 Å². The first kappa shape index (κ1) is 26.4. The molecule has 2 heteroatoms. The van der Waals surface area contributed by atoms with Crippen LogP contribution in [0.4, 0.5) is 0 Å². The minimum atomic E-state index is -0.392. The molecule has 0 spiro atoms. The highest BCUT2D eigenvalue weighted by atomic mass is 16.3. The average molecular weight is 437 g/mol. The van der Waals surface area contributed by atoms with Crippen LogP contribution in [0.25, 0.3) is 6.08 Å². The van der Waals surface area contributed by atoms with E-state index in [0.29, 0.717) is 0 Å². The van der Waals surface area contributed by atoms with Crippen molar-refractivity contribution in [2.24, 2.45) is 5.92 Å². The Labute approximate surface area is 197 Å². The van der Waals surface area contributed by atoms with Crippen LogP contribution >= 0.6 is 0 Å². The Bertz CT molecular complexity index is 738. The molecular weight excluding hydrogens is 390 g/mol. The van der Waals surface area contributed by atoms with Crippen LogP contribution in [-0.2, 0) is 0 Å². The molecule has 2 atom stereocenters. The quantitative estimate of drug-likeness (QED) is 0.211. The molecule has 0 fully saturated rings. The number of nitrogens with zero attached hydrogens (tertiary/aromatic N) is 1. The van der Waals surface area contributed by atoms with Crippen molar-refractivity contribution in [3.05, 3.63) is 77.9 Å². The third-order valence-corrected chi connectivity index (χ3v) is 6.45. The Balaban J connectivity index is 1.90. The third-order valence-electron chi connectivity index (χ3n) is 6.45. The van der Waals surface area contributed by atoms with E-state index in [1.54, 1.807) is 0 Å². The predicted molar refractivity (Wildman–Crippen MR) is 139 cm³/mol. The fourth-order valence-corrected chi connectivity index (χ4v) is 4.56. The van der Waals surface area contributed by atoms with Gasteiger partial charge in [-0.15, -0.1) is 0 Å². The first-order valence-corrected chi connectivity index (χ1v) is 12.8. The van der Waals surface area contributed by atoms with Crippen LogP contribution in [-0.4, -0.2) is 36.8 Å². The second-order valence-corrected chi connectivity index (χ2v) is 9.99. The minimum absolute atomic E-state index is 0.276. The second-order valence-electron chi connectivity index (χ2n) is 9.99. The van der Waals surface area contributed by atoms with Crippen molar-refractivity contribution in [1.82, 2.24) is 0 Å². The molecule has 176 valence electrons. The number of aliphatic hydroxyl groups excluding tert-OH is 1. The molecule has 0 aliphatic carbocycles. The SMILES string of the molecule is CCCCCCCCCCC(C[N+](C)(C)C/C=C/c1ccccc1)C(O)c1ccccc1. The van der Waals surface area contributed by atoms with Gasteiger partial charge < -0.3 is 9.59 Å². The number of hydrogen-bond acceptors (Lipinski definition) is 1. The Morgan fingerprint density at radius 2 is 1.34 bits per heavy atom. The number of hydrogen-bond donors (Lipinski definition) is 1. The number of quaternary nitrogens is 1. The fraction of sp³-hybridized carbons (Fsp3) is 0.533. The zero-order valence-corrected chi connectivity index (χ0v) is 20.8. The van der Waals surface area contributed by atoms with Gasteiger partial charge in [-0.1, -0.05) is 125 Å². The number of aliphatic hydroxyl groups is 1. The van der Waals surface area contributed by atoms with E-state index in [9.17, 15) is 5.11 Å². The van der Waals surface area contributed by atoms with E-state index < -0.39 is 6.10 Å². The number of rotatable bonds is 16. The van der Waals surface area contributed by atoms with Gasteiger partial charge in [0, 0.05) is 5.92 Å². The molecule has 1 N–H and O–H groups in total. The standard InChI is InChI=1S/C30H46NO/c1-4-5-6-7-8-9-10-15-24-29(30(32)28-22-16-12-17-23-28)26-31(2,3)25-18-21-27-19-13-11-14-20-27/h11-14,16-23,29-30,32H,4-10,15,24-26H2,1-3H3/q+1/b21-18+. The van der Waals surface area contributed by atoms with Crippen LogP contribution in [0.15, 0.2) is 66.7 Å². The van der Waals surface area contributed by atoms with Crippen LogP contribution < -0.4 is 0 Å². The lowest BCUT2D eigenvalue weighted by molar-refractivity contribution is -0.888. The van der Waals surface area contributed by atoms with Gasteiger partial charge in [-0.25, -0.2) is 0 Å². The molecule has 0 saturated heterocycles. The Morgan fingerprint density at radius 3 is 1.97 bits per heavy atom. The molecule has 0 heterocycles. The smallest absolute Gasteiger partial charge is 0.0972 e. The van der Waals surface area contributed by atoms with Crippen molar-refractivity contribution in [3.63, 3.8) is 0 Å². The molecule has 0 aliphatic rings. The maximum atomic E-state index is 11.2. The largest absolute Gasteiger partial charge is 0.388 e. The molecule has 2 nitrogen and oxygen atoms in total. The van der Waals surface area contributed by atoms with Crippen LogP contribution in [0.3, 0.4) is 0 Å². The summed E-state index contributed by atoms with van der Waals surface area (Å²) in [6.07, 6.45) is 15.8. The molecule has 2 unspecified atom stereocenters. The predicted octanol–water partition coefficient (Wildman–Crippen LogP) is 7.66. The van der Waals surface area contributed by atoms with Crippen LogP contribution in [0.1, 0.15) is 81.9 Å². The van der Waals surface area contributed by atoms with Gasteiger partial charge in [-0.2, -0.15) is 0 Å². The average Bonchev–Trinajstić information content (AvgIpc) is 2.80. The van der Waals surface area contributed by atoms with Gasteiger partial charge in [0.1, 0.15) is 0 Å². The van der Waals surface area contributed by atoms with Crippen molar-refractivity contribution in [2.75, 3.05) is 27.2 Å².